The fourth-order valence-electron chi connectivity index (χ4n) is 1.66. The van der Waals surface area contributed by atoms with Crippen LogP contribution in [0.5, 0.6) is 0 Å². The number of carbonyl (C=O) groups is 2. The van der Waals surface area contributed by atoms with Gasteiger partial charge < -0.3 is 4.74 Å². The molecule has 0 aliphatic carbocycles. The van der Waals surface area contributed by atoms with Crippen LogP contribution >= 0.6 is 0 Å². The van der Waals surface area contributed by atoms with Crippen LogP contribution in [0, 0.1) is 0 Å². The fraction of sp³-hybridized carbons (Fsp3) is 0.214. The maximum Gasteiger partial charge on any atom is 0.341 e. The number of esters is 1. The molecule has 0 bridgehead atoms. The van der Waals surface area contributed by atoms with Gasteiger partial charge in [-0.05, 0) is 12.5 Å². The zero-order valence-corrected chi connectivity index (χ0v) is 10.6. The smallest absolute Gasteiger partial charge is 0.341 e. The van der Waals surface area contributed by atoms with Gasteiger partial charge in [-0.3, -0.25) is 9.48 Å². The summed E-state index contributed by atoms with van der Waals surface area (Å²) in [5.74, 6) is -0.370. The number of benzene rings is 1. The van der Waals surface area contributed by atoms with Crippen LogP contribution in [0.15, 0.2) is 36.7 Å². The molecule has 0 N–H and O–H groups in total. The summed E-state index contributed by atoms with van der Waals surface area (Å²) in [6.07, 6.45) is 3.93. The van der Waals surface area contributed by atoms with Crippen LogP contribution < -0.4 is 0 Å². The van der Waals surface area contributed by atoms with E-state index in [0.717, 1.165) is 11.8 Å². The molecular weight excluding hydrogens is 244 g/mol. The Bertz CT molecular complexity index is 573. The maximum atomic E-state index is 11.5. The molecule has 1 aromatic heterocycles. The van der Waals surface area contributed by atoms with Gasteiger partial charge in [0.2, 0.25) is 0 Å². The van der Waals surface area contributed by atoms with Gasteiger partial charge in [-0.2, -0.15) is 5.10 Å². The SMILES string of the molecule is CCOC(=O)c1cnn(Cc2ccc(C=O)cc2)c1. The molecule has 1 aromatic carbocycles. The average Bonchev–Trinajstić information content (AvgIpc) is 2.88. The second-order valence-corrected chi connectivity index (χ2v) is 4.01. The van der Waals surface area contributed by atoms with Crippen molar-refractivity contribution in [3.63, 3.8) is 0 Å². The van der Waals surface area contributed by atoms with Gasteiger partial charge >= 0.3 is 5.97 Å². The predicted octanol–water partition coefficient (Wildman–Crippen LogP) is 1.92. The van der Waals surface area contributed by atoms with E-state index < -0.39 is 0 Å². The summed E-state index contributed by atoms with van der Waals surface area (Å²) in [6, 6.07) is 7.21. The topological polar surface area (TPSA) is 61.2 Å². The van der Waals surface area contributed by atoms with Gasteiger partial charge in [0.25, 0.3) is 0 Å². The molecule has 0 saturated heterocycles. The Balaban J connectivity index is 2.06. The molecule has 0 fully saturated rings. The van der Waals surface area contributed by atoms with Crippen molar-refractivity contribution in [2.45, 2.75) is 13.5 Å². The lowest BCUT2D eigenvalue weighted by Crippen LogP contribution is -2.04. The molecule has 0 amide bonds. The van der Waals surface area contributed by atoms with Crippen LogP contribution in [0.25, 0.3) is 0 Å². The van der Waals surface area contributed by atoms with Crippen molar-refractivity contribution < 1.29 is 14.3 Å². The van der Waals surface area contributed by atoms with Gasteiger partial charge in [0.15, 0.2) is 0 Å². The van der Waals surface area contributed by atoms with E-state index in [2.05, 4.69) is 5.10 Å². The van der Waals surface area contributed by atoms with E-state index >= 15 is 0 Å². The lowest BCUT2D eigenvalue weighted by molar-refractivity contribution is 0.0526. The molecule has 98 valence electrons. The number of nitrogens with zero attached hydrogens (tertiary/aromatic N) is 2. The third kappa shape index (κ3) is 3.28. The minimum absolute atomic E-state index is 0.344. The van der Waals surface area contributed by atoms with Crippen LogP contribution in [0.2, 0.25) is 0 Å². The Labute approximate surface area is 110 Å². The average molecular weight is 258 g/mol. The number of hydrogen-bond acceptors (Lipinski definition) is 4. The van der Waals surface area contributed by atoms with E-state index in [1.165, 1.54) is 6.20 Å². The van der Waals surface area contributed by atoms with E-state index in [-0.39, 0.29) is 5.97 Å². The minimum atomic E-state index is -0.370. The molecular formula is C14H14N2O3. The van der Waals surface area contributed by atoms with Crippen molar-refractivity contribution >= 4 is 12.3 Å². The molecule has 0 atom stereocenters. The number of aromatic nitrogens is 2. The molecule has 19 heavy (non-hydrogen) atoms. The number of aldehydes is 1. The molecule has 0 unspecified atom stereocenters. The molecule has 1 heterocycles. The summed E-state index contributed by atoms with van der Waals surface area (Å²) >= 11 is 0. The zero-order chi connectivity index (χ0) is 13.7. The van der Waals surface area contributed by atoms with Crippen molar-refractivity contribution in [3.8, 4) is 0 Å². The van der Waals surface area contributed by atoms with Gasteiger partial charge in [0.1, 0.15) is 6.29 Å². The van der Waals surface area contributed by atoms with Crippen LogP contribution in [0.1, 0.15) is 33.2 Å². The molecule has 5 nitrogen and oxygen atoms in total. The lowest BCUT2D eigenvalue weighted by Gasteiger charge is -2.02. The lowest BCUT2D eigenvalue weighted by atomic mass is 10.1. The largest absolute Gasteiger partial charge is 0.462 e. The fourth-order valence-corrected chi connectivity index (χ4v) is 1.66. The van der Waals surface area contributed by atoms with E-state index in [1.807, 2.05) is 12.1 Å². The number of ether oxygens (including phenoxy) is 1. The first kappa shape index (κ1) is 13.0. The third-order valence-electron chi connectivity index (χ3n) is 2.60. The van der Waals surface area contributed by atoms with Crippen molar-refractivity contribution in [3.05, 3.63) is 53.3 Å². The molecule has 0 spiro atoms. The Morgan fingerprint density at radius 1 is 1.37 bits per heavy atom. The van der Waals surface area contributed by atoms with Crippen LogP contribution in [0.4, 0.5) is 0 Å². The van der Waals surface area contributed by atoms with E-state index in [1.54, 1.807) is 29.9 Å². The first-order chi connectivity index (χ1) is 9.22. The second-order valence-electron chi connectivity index (χ2n) is 4.01. The maximum absolute atomic E-state index is 11.5. The number of hydrogen-bond donors (Lipinski definition) is 0. The number of carbonyl (C=O) groups excluding carboxylic acids is 2. The normalized spacial score (nSPS) is 10.2. The quantitative estimate of drug-likeness (QED) is 0.607. The van der Waals surface area contributed by atoms with Crippen molar-refractivity contribution in [2.24, 2.45) is 0 Å². The van der Waals surface area contributed by atoms with E-state index in [4.69, 9.17) is 4.74 Å². The molecule has 2 aromatic rings. The van der Waals surface area contributed by atoms with Gasteiger partial charge in [-0.15, -0.1) is 0 Å². The molecule has 0 aliphatic heterocycles. The highest BCUT2D eigenvalue weighted by Gasteiger charge is 2.09. The summed E-state index contributed by atoms with van der Waals surface area (Å²) < 4.78 is 6.55. The molecule has 0 aliphatic rings. The van der Waals surface area contributed by atoms with Crippen molar-refractivity contribution in [1.29, 1.82) is 0 Å². The molecule has 2 rings (SSSR count). The first-order valence-corrected chi connectivity index (χ1v) is 5.96. The van der Waals surface area contributed by atoms with Crippen molar-refractivity contribution in [1.82, 2.24) is 9.78 Å². The monoisotopic (exact) mass is 258 g/mol. The summed E-state index contributed by atoms with van der Waals surface area (Å²) in [6.45, 7) is 2.65. The van der Waals surface area contributed by atoms with E-state index in [9.17, 15) is 9.59 Å². The minimum Gasteiger partial charge on any atom is -0.462 e. The first-order valence-electron chi connectivity index (χ1n) is 5.96. The predicted molar refractivity (Wildman–Crippen MR) is 69.1 cm³/mol. The number of rotatable bonds is 5. The van der Waals surface area contributed by atoms with Gasteiger partial charge in [0.05, 0.1) is 24.9 Å². The summed E-state index contributed by atoms with van der Waals surface area (Å²) in [5.41, 5.74) is 2.08. The Morgan fingerprint density at radius 3 is 2.74 bits per heavy atom. The molecule has 0 radical (unpaired) electrons. The van der Waals surface area contributed by atoms with Crippen molar-refractivity contribution in [2.75, 3.05) is 6.61 Å². The Morgan fingerprint density at radius 2 is 2.11 bits per heavy atom. The molecule has 5 heteroatoms. The van der Waals surface area contributed by atoms with E-state index in [0.29, 0.717) is 24.3 Å². The highest BCUT2D eigenvalue weighted by molar-refractivity contribution is 5.88. The van der Waals surface area contributed by atoms with Crippen LogP contribution in [-0.4, -0.2) is 28.6 Å². The van der Waals surface area contributed by atoms with Gasteiger partial charge in [-0.25, -0.2) is 4.79 Å². The summed E-state index contributed by atoms with van der Waals surface area (Å²) in [7, 11) is 0. The summed E-state index contributed by atoms with van der Waals surface area (Å²) in [5, 5.41) is 4.10. The summed E-state index contributed by atoms with van der Waals surface area (Å²) in [4.78, 5) is 22.0. The highest BCUT2D eigenvalue weighted by atomic mass is 16.5. The van der Waals surface area contributed by atoms with Crippen LogP contribution in [-0.2, 0) is 11.3 Å². The van der Waals surface area contributed by atoms with Crippen LogP contribution in [0.3, 0.4) is 0 Å². The highest BCUT2D eigenvalue weighted by Crippen LogP contribution is 2.06. The van der Waals surface area contributed by atoms with Gasteiger partial charge in [0, 0.05) is 11.8 Å². The Hall–Kier alpha value is -2.43. The standard InChI is InChI=1S/C14H14N2O3/c1-2-19-14(18)13-7-15-16(9-13)8-11-3-5-12(10-17)6-4-11/h3-7,9-10H,2,8H2,1H3. The zero-order valence-electron chi connectivity index (χ0n) is 10.6. The van der Waals surface area contributed by atoms with Gasteiger partial charge in [-0.1, -0.05) is 24.3 Å². The third-order valence-corrected chi connectivity index (χ3v) is 2.60. The molecule has 0 saturated carbocycles. The second kappa shape index (κ2) is 5.95. The Kier molecular flexibility index (Phi) is 4.07.